The fraction of sp³-hybridized carbons (Fsp3) is 0.529. The number of fused-ring (bicyclic) bond motifs is 1. The smallest absolute Gasteiger partial charge is 0.216 e. The van der Waals surface area contributed by atoms with E-state index in [-0.39, 0.29) is 5.91 Å². The number of imidazole rings is 1. The molecule has 1 aromatic carbocycles. The molecule has 5 heteroatoms. The van der Waals surface area contributed by atoms with Crippen molar-refractivity contribution in [1.82, 2.24) is 14.9 Å². The van der Waals surface area contributed by atoms with Gasteiger partial charge in [0.25, 0.3) is 0 Å². The van der Waals surface area contributed by atoms with Gasteiger partial charge in [-0.05, 0) is 25.0 Å². The Bertz CT molecular complexity index is 607. The molecular weight excluding hydrogens is 278 g/mol. The van der Waals surface area contributed by atoms with Crippen molar-refractivity contribution in [3.05, 3.63) is 30.1 Å². The largest absolute Gasteiger partial charge is 0.383 e. The lowest BCUT2D eigenvalue weighted by Gasteiger charge is -2.08. The number of amides is 1. The molecule has 0 spiro atoms. The lowest BCUT2D eigenvalue weighted by molar-refractivity contribution is -0.118. The van der Waals surface area contributed by atoms with Gasteiger partial charge in [-0.15, -0.1) is 0 Å². The quantitative estimate of drug-likeness (QED) is 0.724. The minimum atomic E-state index is 0.0429. The lowest BCUT2D eigenvalue weighted by atomic mass is 10.2. The van der Waals surface area contributed by atoms with Crippen LogP contribution in [0.5, 0.6) is 0 Å². The molecule has 1 heterocycles. The standard InChI is InChI=1S/C17H25N3O2/c1-14(21)18-11-7-3-4-10-17-19-15-8-5-6-9-16(15)20(17)12-13-22-2/h5-6,8-9H,3-4,7,10-13H2,1-2H3,(H,18,21). The summed E-state index contributed by atoms with van der Waals surface area (Å²) in [6, 6.07) is 8.23. The summed E-state index contributed by atoms with van der Waals surface area (Å²) in [5.41, 5.74) is 2.22. The monoisotopic (exact) mass is 303 g/mol. The van der Waals surface area contributed by atoms with Crippen LogP contribution in [0, 0.1) is 0 Å². The average Bonchev–Trinajstić information content (AvgIpc) is 2.86. The van der Waals surface area contributed by atoms with Crippen LogP contribution in [0.2, 0.25) is 0 Å². The first-order valence-corrected chi connectivity index (χ1v) is 7.90. The van der Waals surface area contributed by atoms with E-state index >= 15 is 0 Å². The van der Waals surface area contributed by atoms with Crippen molar-refractivity contribution in [2.45, 2.75) is 39.2 Å². The fourth-order valence-corrected chi connectivity index (χ4v) is 2.60. The Hall–Kier alpha value is -1.88. The van der Waals surface area contributed by atoms with Crippen molar-refractivity contribution < 1.29 is 9.53 Å². The number of benzene rings is 1. The van der Waals surface area contributed by atoms with Crippen LogP contribution in [0.4, 0.5) is 0 Å². The number of carbonyl (C=O) groups is 1. The van der Waals surface area contributed by atoms with E-state index in [1.165, 1.54) is 5.52 Å². The highest BCUT2D eigenvalue weighted by Crippen LogP contribution is 2.17. The molecule has 0 aliphatic heterocycles. The SMILES string of the molecule is COCCn1c(CCCCCNC(C)=O)nc2ccccc21. The van der Waals surface area contributed by atoms with Crippen molar-refractivity contribution >= 4 is 16.9 Å². The molecule has 1 N–H and O–H groups in total. The second-order valence-electron chi connectivity index (χ2n) is 5.45. The maximum atomic E-state index is 10.8. The summed E-state index contributed by atoms with van der Waals surface area (Å²) in [6.45, 7) is 3.84. The third kappa shape index (κ3) is 4.56. The fourth-order valence-electron chi connectivity index (χ4n) is 2.60. The maximum absolute atomic E-state index is 10.8. The summed E-state index contributed by atoms with van der Waals surface area (Å²) in [5.74, 6) is 1.17. The van der Waals surface area contributed by atoms with Gasteiger partial charge < -0.3 is 14.6 Å². The normalized spacial score (nSPS) is 11.0. The van der Waals surface area contributed by atoms with E-state index in [2.05, 4.69) is 22.0 Å². The van der Waals surface area contributed by atoms with Gasteiger partial charge in [0.2, 0.25) is 5.91 Å². The second-order valence-corrected chi connectivity index (χ2v) is 5.45. The van der Waals surface area contributed by atoms with Gasteiger partial charge in [0.1, 0.15) is 5.82 Å². The van der Waals surface area contributed by atoms with Gasteiger partial charge in [-0.2, -0.15) is 0 Å². The minimum absolute atomic E-state index is 0.0429. The molecule has 2 aromatic rings. The summed E-state index contributed by atoms with van der Waals surface area (Å²) in [7, 11) is 1.72. The third-order valence-electron chi connectivity index (χ3n) is 3.70. The molecule has 1 amide bonds. The topological polar surface area (TPSA) is 56.1 Å². The van der Waals surface area contributed by atoms with E-state index in [1.54, 1.807) is 14.0 Å². The molecule has 0 saturated heterocycles. The van der Waals surface area contributed by atoms with E-state index in [1.807, 2.05) is 12.1 Å². The first-order valence-electron chi connectivity index (χ1n) is 7.90. The molecule has 0 atom stereocenters. The van der Waals surface area contributed by atoms with Gasteiger partial charge in [0.15, 0.2) is 0 Å². The molecule has 22 heavy (non-hydrogen) atoms. The number of unbranched alkanes of at least 4 members (excludes halogenated alkanes) is 2. The average molecular weight is 303 g/mol. The van der Waals surface area contributed by atoms with Gasteiger partial charge in [-0.25, -0.2) is 4.98 Å². The molecule has 1 aromatic heterocycles. The lowest BCUT2D eigenvalue weighted by Crippen LogP contribution is -2.20. The van der Waals surface area contributed by atoms with Crippen molar-refractivity contribution in [1.29, 1.82) is 0 Å². The molecule has 0 radical (unpaired) electrons. The molecule has 5 nitrogen and oxygen atoms in total. The summed E-state index contributed by atoms with van der Waals surface area (Å²) in [5, 5.41) is 2.83. The number of nitrogens with one attached hydrogen (secondary N) is 1. The van der Waals surface area contributed by atoms with Crippen LogP contribution in [-0.2, 0) is 22.5 Å². The van der Waals surface area contributed by atoms with Crippen LogP contribution in [0.1, 0.15) is 32.0 Å². The van der Waals surface area contributed by atoms with Gasteiger partial charge in [0, 0.05) is 33.5 Å². The maximum Gasteiger partial charge on any atom is 0.216 e. The Morgan fingerprint density at radius 3 is 2.86 bits per heavy atom. The number of aromatic nitrogens is 2. The number of aryl methyl sites for hydroxylation is 1. The number of hydrogen-bond acceptors (Lipinski definition) is 3. The highest BCUT2D eigenvalue weighted by molar-refractivity contribution is 5.75. The van der Waals surface area contributed by atoms with E-state index in [0.29, 0.717) is 6.61 Å². The Labute approximate surface area is 131 Å². The molecule has 120 valence electrons. The van der Waals surface area contributed by atoms with E-state index in [4.69, 9.17) is 9.72 Å². The molecule has 2 rings (SSSR count). The summed E-state index contributed by atoms with van der Waals surface area (Å²) in [6.07, 6.45) is 4.14. The number of nitrogens with zero attached hydrogens (tertiary/aromatic N) is 2. The second kappa shape index (κ2) is 8.54. The zero-order chi connectivity index (χ0) is 15.8. The van der Waals surface area contributed by atoms with Crippen molar-refractivity contribution in [3.8, 4) is 0 Å². The van der Waals surface area contributed by atoms with Crippen LogP contribution < -0.4 is 5.32 Å². The number of ether oxygens (including phenoxy) is 1. The summed E-state index contributed by atoms with van der Waals surface area (Å²) in [4.78, 5) is 15.6. The predicted molar refractivity (Wildman–Crippen MR) is 87.8 cm³/mol. The van der Waals surface area contributed by atoms with Gasteiger partial charge in [-0.1, -0.05) is 18.6 Å². The van der Waals surface area contributed by atoms with Crippen molar-refractivity contribution in [2.75, 3.05) is 20.3 Å². The van der Waals surface area contributed by atoms with Gasteiger partial charge >= 0.3 is 0 Å². The Balaban J connectivity index is 1.93. The van der Waals surface area contributed by atoms with Gasteiger partial charge in [-0.3, -0.25) is 4.79 Å². The zero-order valence-corrected chi connectivity index (χ0v) is 13.5. The molecule has 0 unspecified atom stereocenters. The highest BCUT2D eigenvalue weighted by Gasteiger charge is 2.09. The Morgan fingerprint density at radius 2 is 2.09 bits per heavy atom. The highest BCUT2D eigenvalue weighted by atomic mass is 16.5. The first kappa shape index (κ1) is 16.5. The van der Waals surface area contributed by atoms with Crippen molar-refractivity contribution in [2.24, 2.45) is 0 Å². The molecule has 0 aliphatic rings. The van der Waals surface area contributed by atoms with E-state index < -0.39 is 0 Å². The number of para-hydroxylation sites is 2. The minimum Gasteiger partial charge on any atom is -0.383 e. The predicted octanol–water partition coefficient (Wildman–Crippen LogP) is 2.53. The number of hydrogen-bond donors (Lipinski definition) is 1. The van der Waals surface area contributed by atoms with Crippen LogP contribution in [0.25, 0.3) is 11.0 Å². The number of rotatable bonds is 9. The molecule has 0 saturated carbocycles. The zero-order valence-electron chi connectivity index (χ0n) is 13.5. The van der Waals surface area contributed by atoms with E-state index in [9.17, 15) is 4.79 Å². The van der Waals surface area contributed by atoms with Crippen LogP contribution >= 0.6 is 0 Å². The molecular formula is C17H25N3O2. The molecule has 0 bridgehead atoms. The Kier molecular flexibility index (Phi) is 6.40. The van der Waals surface area contributed by atoms with Crippen molar-refractivity contribution in [3.63, 3.8) is 0 Å². The first-order chi connectivity index (χ1) is 10.7. The summed E-state index contributed by atoms with van der Waals surface area (Å²) >= 11 is 0. The number of carbonyl (C=O) groups excluding carboxylic acids is 1. The third-order valence-corrected chi connectivity index (χ3v) is 3.70. The van der Waals surface area contributed by atoms with E-state index in [0.717, 1.165) is 50.1 Å². The number of methoxy groups -OCH3 is 1. The van der Waals surface area contributed by atoms with Gasteiger partial charge in [0.05, 0.1) is 17.6 Å². The molecule has 0 aliphatic carbocycles. The summed E-state index contributed by atoms with van der Waals surface area (Å²) < 4.78 is 7.47. The Morgan fingerprint density at radius 1 is 1.27 bits per heavy atom. The van der Waals surface area contributed by atoms with Crippen LogP contribution in [-0.4, -0.2) is 35.7 Å². The van der Waals surface area contributed by atoms with Crippen LogP contribution in [0.3, 0.4) is 0 Å². The van der Waals surface area contributed by atoms with Crippen LogP contribution in [0.15, 0.2) is 24.3 Å². The molecule has 0 fully saturated rings.